The third kappa shape index (κ3) is 4.16. The fraction of sp³-hybridized carbons (Fsp3) is 0.529. The average Bonchev–Trinajstić information content (AvgIpc) is 3.10. The second-order valence-electron chi connectivity index (χ2n) is 6.50. The van der Waals surface area contributed by atoms with Gasteiger partial charge in [0.05, 0.1) is 12.4 Å². The molecule has 2 aromatic rings. The number of rotatable bonds is 6. The van der Waals surface area contributed by atoms with E-state index in [0.717, 1.165) is 22.3 Å². The number of hydrogen-bond acceptors (Lipinski definition) is 7. The Morgan fingerprint density at radius 2 is 1.96 bits per heavy atom. The monoisotopic (exact) mass is 396 g/mol. The molecule has 1 aromatic carbocycles. The zero-order valence-electron chi connectivity index (χ0n) is 15.3. The largest absolute Gasteiger partial charge is 0.497 e. The van der Waals surface area contributed by atoms with Gasteiger partial charge in [-0.15, -0.1) is 0 Å². The van der Waals surface area contributed by atoms with Crippen LogP contribution >= 0.6 is 11.5 Å². The average molecular weight is 397 g/mol. The van der Waals surface area contributed by atoms with Crippen LogP contribution in [0.3, 0.4) is 0 Å². The third-order valence-electron chi connectivity index (χ3n) is 4.42. The molecule has 1 aromatic heterocycles. The van der Waals surface area contributed by atoms with Gasteiger partial charge in [0.2, 0.25) is 15.2 Å². The van der Waals surface area contributed by atoms with E-state index in [2.05, 4.69) is 14.3 Å². The lowest BCUT2D eigenvalue weighted by atomic mass is 10.1. The van der Waals surface area contributed by atoms with E-state index < -0.39 is 10.0 Å². The zero-order valence-corrected chi connectivity index (χ0v) is 16.9. The fourth-order valence-electron chi connectivity index (χ4n) is 2.84. The van der Waals surface area contributed by atoms with Crippen LogP contribution in [0, 0.1) is 0 Å². The first kappa shape index (κ1) is 19.1. The minimum Gasteiger partial charge on any atom is -0.497 e. The summed E-state index contributed by atoms with van der Waals surface area (Å²) in [7, 11) is -1.54. The van der Waals surface area contributed by atoms with Crippen LogP contribution in [0.25, 0.3) is 0 Å². The molecule has 0 radical (unpaired) electrons. The van der Waals surface area contributed by atoms with E-state index >= 15 is 0 Å². The smallest absolute Gasteiger partial charge is 0.216 e. The Morgan fingerprint density at radius 3 is 2.62 bits per heavy atom. The van der Waals surface area contributed by atoms with Gasteiger partial charge in [0.15, 0.2) is 0 Å². The van der Waals surface area contributed by atoms with E-state index in [4.69, 9.17) is 4.74 Å². The van der Waals surface area contributed by atoms with E-state index in [9.17, 15) is 8.42 Å². The van der Waals surface area contributed by atoms with Crippen LogP contribution in [-0.4, -0.2) is 60.6 Å². The number of anilines is 1. The molecule has 2 heterocycles. The number of nitrogens with zero attached hydrogens (tertiary/aromatic N) is 4. The molecule has 0 bridgehead atoms. The molecular weight excluding hydrogens is 372 g/mol. The van der Waals surface area contributed by atoms with Crippen molar-refractivity contribution in [2.75, 3.05) is 38.2 Å². The van der Waals surface area contributed by atoms with Crippen molar-refractivity contribution in [2.45, 2.75) is 25.5 Å². The number of ether oxygens (including phenoxy) is 1. The maximum absolute atomic E-state index is 12.3. The van der Waals surface area contributed by atoms with Crippen LogP contribution in [0.15, 0.2) is 24.3 Å². The third-order valence-corrected chi connectivity index (χ3v) is 7.51. The summed E-state index contributed by atoms with van der Waals surface area (Å²) in [5.74, 6) is 1.59. The maximum Gasteiger partial charge on any atom is 0.216 e. The molecule has 3 rings (SSSR count). The molecular formula is C17H24N4O3S2. The predicted molar refractivity (Wildman–Crippen MR) is 104 cm³/mol. The highest BCUT2D eigenvalue weighted by Gasteiger charge is 2.30. The minimum absolute atomic E-state index is 0.384. The van der Waals surface area contributed by atoms with E-state index in [1.165, 1.54) is 11.5 Å². The van der Waals surface area contributed by atoms with Crippen molar-refractivity contribution < 1.29 is 13.2 Å². The Hall–Kier alpha value is -1.71. The molecule has 142 valence electrons. The Balaban J connectivity index is 1.62. The molecule has 1 fully saturated rings. The second kappa shape index (κ2) is 7.89. The number of piperazine rings is 1. The Kier molecular flexibility index (Phi) is 5.79. The van der Waals surface area contributed by atoms with Crippen LogP contribution in [0.2, 0.25) is 0 Å². The van der Waals surface area contributed by atoms with E-state index in [-0.39, 0.29) is 5.25 Å². The summed E-state index contributed by atoms with van der Waals surface area (Å²) in [6.07, 6.45) is 0.648. The summed E-state index contributed by atoms with van der Waals surface area (Å²) < 4.78 is 35.8. The van der Waals surface area contributed by atoms with Gasteiger partial charge in [-0.1, -0.05) is 12.1 Å². The first-order valence-electron chi connectivity index (χ1n) is 8.59. The molecule has 0 unspecified atom stereocenters. The van der Waals surface area contributed by atoms with Crippen molar-refractivity contribution in [3.63, 3.8) is 0 Å². The lowest BCUT2D eigenvalue weighted by Gasteiger charge is -2.34. The first-order chi connectivity index (χ1) is 12.4. The number of aromatic nitrogens is 2. The van der Waals surface area contributed by atoms with E-state index in [1.54, 1.807) is 25.3 Å². The number of benzene rings is 1. The topological polar surface area (TPSA) is 75.6 Å². The molecule has 7 nitrogen and oxygen atoms in total. The number of hydrogen-bond donors (Lipinski definition) is 0. The molecule has 0 atom stereocenters. The van der Waals surface area contributed by atoms with Crippen LogP contribution in [0.5, 0.6) is 5.75 Å². The number of methoxy groups -OCH3 is 1. The van der Waals surface area contributed by atoms with Gasteiger partial charge in [-0.25, -0.2) is 13.4 Å². The molecule has 9 heteroatoms. The van der Waals surface area contributed by atoms with Gasteiger partial charge in [0, 0.05) is 44.1 Å². The highest BCUT2D eigenvalue weighted by Crippen LogP contribution is 2.23. The molecule has 1 aliphatic heterocycles. The lowest BCUT2D eigenvalue weighted by Crippen LogP contribution is -2.50. The Labute approximate surface area is 158 Å². The van der Waals surface area contributed by atoms with Gasteiger partial charge in [-0.3, -0.25) is 0 Å². The lowest BCUT2D eigenvalue weighted by molar-refractivity contribution is 0.381. The minimum atomic E-state index is -3.19. The molecule has 0 saturated carbocycles. The molecule has 0 aliphatic carbocycles. The summed E-state index contributed by atoms with van der Waals surface area (Å²) >= 11 is 1.37. The Morgan fingerprint density at radius 1 is 1.23 bits per heavy atom. The van der Waals surface area contributed by atoms with Crippen molar-refractivity contribution >= 4 is 26.7 Å². The quantitative estimate of drug-likeness (QED) is 0.743. The summed E-state index contributed by atoms with van der Waals surface area (Å²) in [4.78, 5) is 6.74. The van der Waals surface area contributed by atoms with Gasteiger partial charge in [-0.05, 0) is 31.5 Å². The highest BCUT2D eigenvalue weighted by atomic mass is 32.2. The zero-order chi connectivity index (χ0) is 18.7. The van der Waals surface area contributed by atoms with Crippen molar-refractivity contribution in [3.8, 4) is 5.75 Å². The normalized spacial score (nSPS) is 16.2. The van der Waals surface area contributed by atoms with Gasteiger partial charge in [-0.2, -0.15) is 8.68 Å². The van der Waals surface area contributed by atoms with E-state index in [1.807, 2.05) is 24.3 Å². The summed E-state index contributed by atoms with van der Waals surface area (Å²) in [5.41, 5.74) is 1.10. The highest BCUT2D eigenvalue weighted by molar-refractivity contribution is 7.89. The van der Waals surface area contributed by atoms with Crippen LogP contribution < -0.4 is 9.64 Å². The molecule has 0 N–H and O–H groups in total. The molecule has 26 heavy (non-hydrogen) atoms. The number of sulfonamides is 1. The SMILES string of the molecule is COc1cccc(Cc2nsc(N3CCN(S(=O)(=O)C(C)C)CC3)n2)c1. The maximum atomic E-state index is 12.3. The van der Waals surface area contributed by atoms with Crippen LogP contribution in [0.4, 0.5) is 5.13 Å². The molecule has 1 aliphatic rings. The van der Waals surface area contributed by atoms with Crippen molar-refractivity contribution in [1.29, 1.82) is 0 Å². The van der Waals surface area contributed by atoms with Gasteiger partial charge < -0.3 is 9.64 Å². The predicted octanol–water partition coefficient (Wildman–Crippen LogP) is 2.00. The van der Waals surface area contributed by atoms with Gasteiger partial charge in [0.1, 0.15) is 11.6 Å². The second-order valence-corrected chi connectivity index (χ2v) is 9.72. The van der Waals surface area contributed by atoms with Crippen LogP contribution in [-0.2, 0) is 16.4 Å². The first-order valence-corrected chi connectivity index (χ1v) is 10.9. The standard InChI is InChI=1S/C17H24N4O3S2/c1-13(2)26(22,23)21-9-7-20(8-10-21)17-18-16(19-25-17)12-14-5-4-6-15(11-14)24-3/h4-6,11,13H,7-10,12H2,1-3H3. The van der Waals surface area contributed by atoms with Crippen molar-refractivity contribution in [3.05, 3.63) is 35.7 Å². The molecule has 0 spiro atoms. The molecule has 1 saturated heterocycles. The van der Waals surface area contributed by atoms with Gasteiger partial charge in [0.25, 0.3) is 0 Å². The van der Waals surface area contributed by atoms with E-state index in [0.29, 0.717) is 32.6 Å². The van der Waals surface area contributed by atoms with Gasteiger partial charge >= 0.3 is 0 Å². The fourth-order valence-corrected chi connectivity index (χ4v) is 4.85. The summed E-state index contributed by atoms with van der Waals surface area (Å²) in [6.45, 7) is 5.70. The van der Waals surface area contributed by atoms with Crippen molar-refractivity contribution in [1.82, 2.24) is 13.7 Å². The van der Waals surface area contributed by atoms with Crippen molar-refractivity contribution in [2.24, 2.45) is 0 Å². The summed E-state index contributed by atoms with van der Waals surface area (Å²) in [6, 6.07) is 7.87. The molecule has 0 amide bonds. The summed E-state index contributed by atoms with van der Waals surface area (Å²) in [5, 5.41) is 0.467. The Bertz CT molecular complexity index is 843. The van der Waals surface area contributed by atoms with Crippen LogP contribution in [0.1, 0.15) is 25.2 Å².